The maximum atomic E-state index is 6.22. The monoisotopic (exact) mass is 339 g/mol. The Morgan fingerprint density at radius 1 is 1.19 bits per heavy atom. The third-order valence-corrected chi connectivity index (χ3v) is 4.61. The predicted octanol–water partition coefficient (Wildman–Crippen LogP) is 3.63. The van der Waals surface area contributed by atoms with Crippen LogP contribution >= 0.6 is 15.9 Å². The van der Waals surface area contributed by atoms with Crippen LogP contribution in [-0.2, 0) is 0 Å². The van der Waals surface area contributed by atoms with Crippen molar-refractivity contribution in [1.29, 1.82) is 0 Å². The van der Waals surface area contributed by atoms with Crippen molar-refractivity contribution in [2.24, 2.45) is 0 Å². The number of aromatic nitrogens is 1. The van der Waals surface area contributed by atoms with Gasteiger partial charge in [-0.25, -0.2) is 0 Å². The van der Waals surface area contributed by atoms with Crippen molar-refractivity contribution in [3.8, 4) is 17.0 Å². The van der Waals surface area contributed by atoms with E-state index in [4.69, 9.17) is 4.74 Å². The van der Waals surface area contributed by atoms with E-state index < -0.39 is 0 Å². The Morgan fingerprint density at radius 2 is 2.05 bits per heavy atom. The molecule has 2 heterocycles. The van der Waals surface area contributed by atoms with Gasteiger partial charge in [-0.15, -0.1) is 0 Å². The second-order valence-corrected chi connectivity index (χ2v) is 6.50. The quantitative estimate of drug-likeness (QED) is 0.617. The summed E-state index contributed by atoms with van der Waals surface area (Å²) in [5.74, 6) is 0.961. The van der Waals surface area contributed by atoms with Gasteiger partial charge in [-0.05, 0) is 35.7 Å². The van der Waals surface area contributed by atoms with E-state index in [-0.39, 0.29) is 6.23 Å². The molecule has 0 spiro atoms. The van der Waals surface area contributed by atoms with Gasteiger partial charge in [0.15, 0.2) is 6.23 Å². The van der Waals surface area contributed by atoms with Gasteiger partial charge in [0.05, 0.1) is 11.2 Å². The van der Waals surface area contributed by atoms with E-state index >= 15 is 0 Å². The van der Waals surface area contributed by atoms with Crippen molar-refractivity contribution in [2.75, 3.05) is 0 Å². The highest BCUT2D eigenvalue weighted by atomic mass is 79.9. The molecule has 0 saturated heterocycles. The number of nitrogens with zero attached hydrogens (tertiary/aromatic N) is 1. The molecular formula is C17H15BBrNO. The van der Waals surface area contributed by atoms with Gasteiger partial charge in [0, 0.05) is 16.5 Å². The lowest BCUT2D eigenvalue weighted by molar-refractivity contribution is 0.127. The Hall–Kier alpha value is -1.68. The molecule has 2 nitrogen and oxygen atoms in total. The van der Waals surface area contributed by atoms with E-state index in [1.165, 1.54) is 22.1 Å². The second-order valence-electron chi connectivity index (χ2n) is 5.58. The summed E-state index contributed by atoms with van der Waals surface area (Å²) in [6.45, 7) is 2.16. The molecule has 0 amide bonds. The first-order valence-electron chi connectivity index (χ1n) is 7.25. The standard InChI is InChI=1S/C17H15BBrNO/c1-2-17-20-14-6-3-11(18)7-10(14)8-15(20)13-5-4-12(19)9-16(13)21-17/h3-9,17H,2,18H2,1H3. The molecule has 0 radical (unpaired) electrons. The maximum Gasteiger partial charge on any atom is 0.176 e. The molecule has 4 heteroatoms. The van der Waals surface area contributed by atoms with Crippen LogP contribution in [0.2, 0.25) is 0 Å². The van der Waals surface area contributed by atoms with E-state index in [1.54, 1.807) is 0 Å². The van der Waals surface area contributed by atoms with Crippen LogP contribution in [0.4, 0.5) is 0 Å². The van der Waals surface area contributed by atoms with E-state index in [2.05, 4.69) is 77.7 Å². The zero-order valence-electron chi connectivity index (χ0n) is 12.1. The largest absolute Gasteiger partial charge is 0.469 e. The summed E-state index contributed by atoms with van der Waals surface area (Å²) in [5.41, 5.74) is 4.94. The lowest BCUT2D eigenvalue weighted by Crippen LogP contribution is -2.20. The van der Waals surface area contributed by atoms with Gasteiger partial charge in [-0.1, -0.05) is 40.4 Å². The van der Waals surface area contributed by atoms with Gasteiger partial charge >= 0.3 is 0 Å². The molecule has 104 valence electrons. The molecule has 4 rings (SSSR count). The van der Waals surface area contributed by atoms with Gasteiger partial charge < -0.3 is 9.30 Å². The molecule has 0 fully saturated rings. The van der Waals surface area contributed by atoms with Gasteiger partial charge in [-0.3, -0.25) is 0 Å². The fraction of sp³-hybridized carbons (Fsp3) is 0.176. The van der Waals surface area contributed by atoms with Gasteiger partial charge in [0.25, 0.3) is 0 Å². The summed E-state index contributed by atoms with van der Waals surface area (Å²) in [7, 11) is 2.13. The minimum absolute atomic E-state index is 0.0574. The van der Waals surface area contributed by atoms with Crippen molar-refractivity contribution < 1.29 is 4.74 Å². The van der Waals surface area contributed by atoms with Crippen molar-refractivity contribution >= 4 is 40.1 Å². The predicted molar refractivity (Wildman–Crippen MR) is 93.2 cm³/mol. The highest BCUT2D eigenvalue weighted by Crippen LogP contribution is 2.43. The smallest absolute Gasteiger partial charge is 0.176 e. The van der Waals surface area contributed by atoms with Gasteiger partial charge in [0.2, 0.25) is 0 Å². The number of ether oxygens (including phenoxy) is 1. The third kappa shape index (κ3) is 1.93. The van der Waals surface area contributed by atoms with Crippen molar-refractivity contribution in [1.82, 2.24) is 4.57 Å². The molecule has 0 bridgehead atoms. The van der Waals surface area contributed by atoms with Crippen molar-refractivity contribution in [3.63, 3.8) is 0 Å². The summed E-state index contributed by atoms with van der Waals surface area (Å²) in [6, 6.07) is 15.1. The van der Waals surface area contributed by atoms with E-state index in [0.717, 1.165) is 22.2 Å². The summed E-state index contributed by atoms with van der Waals surface area (Å²) in [5, 5.41) is 1.28. The highest BCUT2D eigenvalue weighted by molar-refractivity contribution is 9.10. The minimum Gasteiger partial charge on any atom is -0.469 e. The highest BCUT2D eigenvalue weighted by Gasteiger charge is 2.26. The average molecular weight is 340 g/mol. The molecule has 0 saturated carbocycles. The summed E-state index contributed by atoms with van der Waals surface area (Å²) in [6.07, 6.45) is 0.998. The second kappa shape index (κ2) is 4.67. The normalized spacial score (nSPS) is 16.4. The number of rotatable bonds is 1. The first kappa shape index (κ1) is 13.0. The first-order chi connectivity index (χ1) is 10.2. The number of hydrogen-bond acceptors (Lipinski definition) is 1. The van der Waals surface area contributed by atoms with E-state index in [1.807, 2.05) is 0 Å². The maximum absolute atomic E-state index is 6.22. The number of hydrogen-bond donors (Lipinski definition) is 0. The number of benzene rings is 2. The lowest BCUT2D eigenvalue weighted by atomic mass is 9.95. The fourth-order valence-corrected chi connectivity index (χ4v) is 3.48. The molecule has 1 unspecified atom stereocenters. The van der Waals surface area contributed by atoms with Crippen LogP contribution in [0.25, 0.3) is 22.2 Å². The Kier molecular flexibility index (Phi) is 2.89. The first-order valence-corrected chi connectivity index (χ1v) is 8.05. The van der Waals surface area contributed by atoms with Crippen LogP contribution in [0.15, 0.2) is 46.9 Å². The van der Waals surface area contributed by atoms with Crippen LogP contribution in [-0.4, -0.2) is 12.4 Å². The Labute approximate surface area is 133 Å². The molecule has 0 N–H and O–H groups in total. The average Bonchev–Trinajstić information content (AvgIpc) is 2.84. The van der Waals surface area contributed by atoms with Crippen LogP contribution in [0.3, 0.4) is 0 Å². The van der Waals surface area contributed by atoms with E-state index in [9.17, 15) is 0 Å². The Morgan fingerprint density at radius 3 is 2.86 bits per heavy atom. The van der Waals surface area contributed by atoms with Crippen LogP contribution in [0.5, 0.6) is 5.75 Å². The van der Waals surface area contributed by atoms with E-state index in [0.29, 0.717) is 0 Å². The summed E-state index contributed by atoms with van der Waals surface area (Å²) < 4.78 is 9.59. The lowest BCUT2D eigenvalue weighted by Gasteiger charge is -2.29. The molecule has 3 aromatic rings. The Bertz CT molecular complexity index is 855. The zero-order chi connectivity index (χ0) is 14.6. The SMILES string of the molecule is Bc1ccc2c(c1)cc1n2C(CC)Oc2cc(Br)ccc2-1. The van der Waals surface area contributed by atoms with Crippen LogP contribution < -0.4 is 10.2 Å². The van der Waals surface area contributed by atoms with Gasteiger partial charge in [0.1, 0.15) is 13.6 Å². The Balaban J connectivity index is 2.06. The molecular weight excluding hydrogens is 325 g/mol. The number of fused-ring (bicyclic) bond motifs is 5. The van der Waals surface area contributed by atoms with Crippen molar-refractivity contribution in [3.05, 3.63) is 46.9 Å². The van der Waals surface area contributed by atoms with Crippen LogP contribution in [0, 0.1) is 0 Å². The molecule has 1 aliphatic heterocycles. The molecule has 21 heavy (non-hydrogen) atoms. The topological polar surface area (TPSA) is 14.2 Å². The molecule has 2 aromatic carbocycles. The molecule has 0 aliphatic carbocycles. The summed E-state index contributed by atoms with van der Waals surface area (Å²) in [4.78, 5) is 0. The van der Waals surface area contributed by atoms with Crippen LogP contribution in [0.1, 0.15) is 19.6 Å². The summed E-state index contributed by atoms with van der Waals surface area (Å²) >= 11 is 3.53. The molecule has 1 aliphatic rings. The van der Waals surface area contributed by atoms with Gasteiger partial charge in [-0.2, -0.15) is 0 Å². The fourth-order valence-electron chi connectivity index (χ4n) is 3.14. The minimum atomic E-state index is 0.0574. The zero-order valence-corrected chi connectivity index (χ0v) is 13.6. The third-order valence-electron chi connectivity index (χ3n) is 4.11. The number of halogens is 1. The van der Waals surface area contributed by atoms with Crippen molar-refractivity contribution in [2.45, 2.75) is 19.6 Å². The molecule has 1 aromatic heterocycles. The molecule has 1 atom stereocenters.